The number of hydrogen-bond donors (Lipinski definition) is 1. The molecule has 3 heteroatoms. The van der Waals surface area contributed by atoms with E-state index >= 15 is 0 Å². The van der Waals surface area contributed by atoms with Gasteiger partial charge in [0.2, 0.25) is 0 Å². The first-order valence-corrected chi connectivity index (χ1v) is 7.37. The molecule has 0 amide bonds. The number of fused-ring (bicyclic) bond motifs is 1. The van der Waals surface area contributed by atoms with Crippen LogP contribution in [0.15, 0.2) is 21.0 Å². The van der Waals surface area contributed by atoms with E-state index in [9.17, 15) is 0 Å². The van der Waals surface area contributed by atoms with Crippen LogP contribution >= 0.6 is 15.9 Å². The van der Waals surface area contributed by atoms with Gasteiger partial charge in [0.15, 0.2) is 0 Å². The minimum Gasteiger partial charge on any atom is -0.458 e. The summed E-state index contributed by atoms with van der Waals surface area (Å²) in [5.74, 6) is 1.08. The van der Waals surface area contributed by atoms with E-state index in [4.69, 9.17) is 4.42 Å². The molecule has 0 unspecified atom stereocenters. The summed E-state index contributed by atoms with van der Waals surface area (Å²) in [6, 6.07) is 4.32. The van der Waals surface area contributed by atoms with Gasteiger partial charge in [-0.1, -0.05) is 13.8 Å². The van der Waals surface area contributed by atoms with E-state index in [-0.39, 0.29) is 0 Å². The van der Waals surface area contributed by atoms with Gasteiger partial charge in [0.25, 0.3) is 0 Å². The van der Waals surface area contributed by atoms with E-state index in [1.54, 1.807) is 0 Å². The lowest BCUT2D eigenvalue weighted by Crippen LogP contribution is -2.14. The van der Waals surface area contributed by atoms with Crippen LogP contribution in [0.5, 0.6) is 0 Å². The number of rotatable bonds is 5. The van der Waals surface area contributed by atoms with Crippen LogP contribution in [0.4, 0.5) is 0 Å². The largest absolute Gasteiger partial charge is 0.458 e. The van der Waals surface area contributed by atoms with Crippen LogP contribution in [0.25, 0.3) is 11.0 Å². The summed E-state index contributed by atoms with van der Waals surface area (Å²) >= 11 is 3.59. The molecule has 0 saturated heterocycles. The number of nitrogens with one attached hydrogen (secondary N) is 1. The van der Waals surface area contributed by atoms with Gasteiger partial charge in [-0.3, -0.25) is 0 Å². The Labute approximate surface area is 117 Å². The van der Waals surface area contributed by atoms with Crippen LogP contribution in [0.1, 0.15) is 37.2 Å². The standard InChI is InChI=1S/C15H20BrNO/c1-4-6-17-9-14-11(5-2)12-7-10(3)8-13(16)15(12)18-14/h7-8,17H,4-6,9H2,1-3H3. The second-order valence-electron chi connectivity index (χ2n) is 4.66. The Morgan fingerprint density at radius 1 is 1.28 bits per heavy atom. The Morgan fingerprint density at radius 3 is 2.72 bits per heavy atom. The van der Waals surface area contributed by atoms with E-state index in [2.05, 4.69) is 54.2 Å². The van der Waals surface area contributed by atoms with E-state index in [1.807, 2.05) is 0 Å². The molecule has 98 valence electrons. The quantitative estimate of drug-likeness (QED) is 0.819. The van der Waals surface area contributed by atoms with Gasteiger partial charge in [-0.05, 0) is 59.9 Å². The van der Waals surface area contributed by atoms with Gasteiger partial charge < -0.3 is 9.73 Å². The molecule has 0 bridgehead atoms. The zero-order valence-electron chi connectivity index (χ0n) is 11.3. The summed E-state index contributed by atoms with van der Waals surface area (Å²) in [6.07, 6.45) is 2.15. The van der Waals surface area contributed by atoms with Crippen molar-refractivity contribution in [2.45, 2.75) is 40.2 Å². The van der Waals surface area contributed by atoms with Crippen LogP contribution < -0.4 is 5.32 Å². The van der Waals surface area contributed by atoms with E-state index < -0.39 is 0 Å². The molecule has 0 atom stereocenters. The Morgan fingerprint density at radius 2 is 2.06 bits per heavy atom. The van der Waals surface area contributed by atoms with Gasteiger partial charge in [0.05, 0.1) is 11.0 Å². The molecule has 0 aliphatic carbocycles. The minimum atomic E-state index is 0.817. The van der Waals surface area contributed by atoms with Crippen molar-refractivity contribution in [1.29, 1.82) is 0 Å². The highest BCUT2D eigenvalue weighted by Crippen LogP contribution is 2.33. The van der Waals surface area contributed by atoms with Crippen molar-refractivity contribution < 1.29 is 4.42 Å². The summed E-state index contributed by atoms with van der Waals surface area (Å²) in [6.45, 7) is 8.32. The molecule has 0 fully saturated rings. The molecule has 1 aromatic heterocycles. The topological polar surface area (TPSA) is 25.2 Å². The highest BCUT2D eigenvalue weighted by Gasteiger charge is 2.14. The number of halogens is 1. The van der Waals surface area contributed by atoms with E-state index in [0.29, 0.717) is 0 Å². The molecule has 2 aromatic rings. The van der Waals surface area contributed by atoms with Gasteiger partial charge in [-0.2, -0.15) is 0 Å². The maximum atomic E-state index is 6.01. The monoisotopic (exact) mass is 309 g/mol. The van der Waals surface area contributed by atoms with Crippen LogP contribution in [0.2, 0.25) is 0 Å². The number of aryl methyl sites for hydroxylation is 2. The Hall–Kier alpha value is -0.800. The summed E-state index contributed by atoms with van der Waals surface area (Å²) in [5, 5.41) is 4.66. The van der Waals surface area contributed by atoms with Crippen molar-refractivity contribution in [3.63, 3.8) is 0 Å². The first kappa shape index (κ1) is 13.6. The average molecular weight is 310 g/mol. The molecule has 2 nitrogen and oxygen atoms in total. The van der Waals surface area contributed by atoms with Crippen LogP contribution in [-0.2, 0) is 13.0 Å². The maximum Gasteiger partial charge on any atom is 0.148 e. The predicted molar refractivity (Wildman–Crippen MR) is 80.0 cm³/mol. The average Bonchev–Trinajstić information content (AvgIpc) is 2.67. The first-order valence-electron chi connectivity index (χ1n) is 6.58. The predicted octanol–water partition coefficient (Wildman–Crippen LogP) is 4.57. The lowest BCUT2D eigenvalue weighted by molar-refractivity contribution is 0.507. The Kier molecular flexibility index (Phi) is 4.46. The summed E-state index contributed by atoms with van der Waals surface area (Å²) in [4.78, 5) is 0. The normalized spacial score (nSPS) is 11.3. The van der Waals surface area contributed by atoms with Crippen molar-refractivity contribution >= 4 is 26.9 Å². The highest BCUT2D eigenvalue weighted by atomic mass is 79.9. The molecular weight excluding hydrogens is 290 g/mol. The second-order valence-corrected chi connectivity index (χ2v) is 5.51. The molecule has 1 aromatic carbocycles. The van der Waals surface area contributed by atoms with Crippen LogP contribution in [0, 0.1) is 6.92 Å². The van der Waals surface area contributed by atoms with Gasteiger partial charge in [-0.15, -0.1) is 0 Å². The fourth-order valence-electron chi connectivity index (χ4n) is 2.30. The summed E-state index contributed by atoms with van der Waals surface area (Å²) < 4.78 is 7.06. The van der Waals surface area contributed by atoms with Crippen LogP contribution in [-0.4, -0.2) is 6.54 Å². The van der Waals surface area contributed by atoms with Gasteiger partial charge in [0, 0.05) is 10.9 Å². The van der Waals surface area contributed by atoms with Gasteiger partial charge in [0.1, 0.15) is 11.3 Å². The number of hydrogen-bond acceptors (Lipinski definition) is 2. The van der Waals surface area contributed by atoms with Gasteiger partial charge >= 0.3 is 0 Å². The highest BCUT2D eigenvalue weighted by molar-refractivity contribution is 9.10. The third-order valence-electron chi connectivity index (χ3n) is 3.14. The molecule has 0 spiro atoms. The Balaban J connectivity index is 2.44. The van der Waals surface area contributed by atoms with Crippen molar-refractivity contribution in [2.75, 3.05) is 6.54 Å². The fourth-order valence-corrected chi connectivity index (χ4v) is 2.96. The number of benzene rings is 1. The number of furan rings is 1. The smallest absolute Gasteiger partial charge is 0.148 e. The first-order chi connectivity index (χ1) is 8.67. The molecule has 0 saturated carbocycles. The SMILES string of the molecule is CCCNCc1oc2c(Br)cc(C)cc2c1CC. The molecule has 0 radical (unpaired) electrons. The van der Waals surface area contributed by atoms with Crippen molar-refractivity contribution in [3.8, 4) is 0 Å². The molecular formula is C15H20BrNO. The van der Waals surface area contributed by atoms with Crippen molar-refractivity contribution in [1.82, 2.24) is 5.32 Å². The van der Waals surface area contributed by atoms with Crippen molar-refractivity contribution in [3.05, 3.63) is 33.5 Å². The lowest BCUT2D eigenvalue weighted by Gasteiger charge is -2.02. The molecule has 1 heterocycles. The van der Waals surface area contributed by atoms with Gasteiger partial charge in [-0.25, -0.2) is 0 Å². The summed E-state index contributed by atoms with van der Waals surface area (Å²) in [5.41, 5.74) is 3.57. The van der Waals surface area contributed by atoms with E-state index in [1.165, 1.54) is 16.5 Å². The molecule has 2 rings (SSSR count). The molecule has 18 heavy (non-hydrogen) atoms. The third kappa shape index (κ3) is 2.62. The zero-order valence-corrected chi connectivity index (χ0v) is 12.9. The maximum absolute atomic E-state index is 6.01. The fraction of sp³-hybridized carbons (Fsp3) is 0.467. The van der Waals surface area contributed by atoms with Crippen molar-refractivity contribution in [2.24, 2.45) is 0 Å². The lowest BCUT2D eigenvalue weighted by atomic mass is 10.1. The molecule has 0 aliphatic rings. The van der Waals surface area contributed by atoms with Crippen LogP contribution in [0.3, 0.4) is 0 Å². The molecule has 1 N–H and O–H groups in total. The Bertz CT molecular complexity index is 545. The molecule has 0 aliphatic heterocycles. The minimum absolute atomic E-state index is 0.817. The summed E-state index contributed by atoms with van der Waals surface area (Å²) in [7, 11) is 0. The zero-order chi connectivity index (χ0) is 13.1. The van der Waals surface area contributed by atoms with E-state index in [0.717, 1.165) is 41.7 Å². The second kappa shape index (κ2) is 5.89. The third-order valence-corrected chi connectivity index (χ3v) is 3.73.